The molecule has 0 saturated carbocycles. The van der Waals surface area contributed by atoms with E-state index in [1.54, 1.807) is 0 Å². The maximum atomic E-state index is 13.3. The Balaban J connectivity index is 1.17. The van der Waals surface area contributed by atoms with Crippen LogP contribution >= 0.6 is 0 Å². The quantitative estimate of drug-likeness (QED) is 0.175. The molecule has 5 heterocycles. The van der Waals surface area contributed by atoms with E-state index in [0.29, 0.717) is 25.3 Å². The first-order valence-corrected chi connectivity index (χ1v) is 16.3. The average Bonchev–Trinajstić information content (AvgIpc) is 3.60. The molecule has 0 amide bonds. The molecule has 46 heavy (non-hydrogen) atoms. The van der Waals surface area contributed by atoms with Gasteiger partial charge in [0.15, 0.2) is 0 Å². The third-order valence-electron chi connectivity index (χ3n) is 8.94. The number of carbonyl (C=O) groups excluding carboxylic acids is 1. The standard InChI is InChI=1S/C36H42N6O4/c1-36(2,3)46-35(43)25-17-27(33-31(18-25)42(23-38-33)21-28-12-15-44-28)20-41-14-6-5-8-30(41)34-32(9-7-13-37-34)45-22-24-10-11-29-26(16-24)19-39-40(29)4/h7,9-11,13,16-19,23,28,30H,5-6,8,12,14-15,20-22H2,1-4H3. The van der Waals surface area contributed by atoms with Crippen LogP contribution < -0.4 is 4.74 Å². The lowest BCUT2D eigenvalue weighted by Gasteiger charge is -2.36. The molecule has 10 heteroatoms. The van der Waals surface area contributed by atoms with Gasteiger partial charge in [0.05, 0.1) is 59.0 Å². The number of aryl methyl sites for hydroxylation is 1. The van der Waals surface area contributed by atoms with Crippen molar-refractivity contribution in [3.05, 3.63) is 83.6 Å². The van der Waals surface area contributed by atoms with E-state index in [4.69, 9.17) is 24.2 Å². The van der Waals surface area contributed by atoms with Crippen LogP contribution in [0.25, 0.3) is 21.9 Å². The second kappa shape index (κ2) is 12.5. The van der Waals surface area contributed by atoms with E-state index in [9.17, 15) is 4.79 Å². The fraction of sp³-hybridized carbons (Fsp3) is 0.444. The molecule has 7 rings (SSSR count). The number of hydrogen-bond donors (Lipinski definition) is 0. The minimum atomic E-state index is -0.594. The van der Waals surface area contributed by atoms with Crippen LogP contribution in [-0.2, 0) is 36.2 Å². The Morgan fingerprint density at radius 1 is 1.07 bits per heavy atom. The molecule has 5 aromatic rings. The Labute approximate surface area is 269 Å². The monoisotopic (exact) mass is 622 g/mol. The number of esters is 1. The van der Waals surface area contributed by atoms with Gasteiger partial charge < -0.3 is 18.8 Å². The number of imidazole rings is 1. The zero-order chi connectivity index (χ0) is 31.8. The van der Waals surface area contributed by atoms with Gasteiger partial charge in [-0.15, -0.1) is 0 Å². The predicted molar refractivity (Wildman–Crippen MR) is 176 cm³/mol. The normalized spacial score (nSPS) is 19.0. The molecule has 2 unspecified atom stereocenters. The van der Waals surface area contributed by atoms with Crippen LogP contribution in [-0.4, -0.2) is 60.0 Å². The number of rotatable bonds is 9. The maximum absolute atomic E-state index is 13.3. The van der Waals surface area contributed by atoms with Crippen molar-refractivity contribution in [1.29, 1.82) is 0 Å². The number of fused-ring (bicyclic) bond motifs is 2. The molecule has 2 aromatic carbocycles. The summed E-state index contributed by atoms with van der Waals surface area (Å²) in [6.45, 7) is 9.16. The number of nitrogens with zero attached hydrogens (tertiary/aromatic N) is 6. The van der Waals surface area contributed by atoms with Gasteiger partial charge in [-0.25, -0.2) is 9.78 Å². The number of pyridine rings is 1. The van der Waals surface area contributed by atoms with E-state index in [2.05, 4.69) is 32.8 Å². The number of likely N-dealkylation sites (tertiary alicyclic amines) is 1. The van der Waals surface area contributed by atoms with Crippen molar-refractivity contribution >= 4 is 27.9 Å². The molecule has 240 valence electrons. The summed E-state index contributed by atoms with van der Waals surface area (Å²) in [5, 5.41) is 5.46. The minimum Gasteiger partial charge on any atom is -0.487 e. The Kier molecular flexibility index (Phi) is 8.25. The molecule has 0 radical (unpaired) electrons. The fourth-order valence-corrected chi connectivity index (χ4v) is 6.55. The van der Waals surface area contributed by atoms with E-state index in [-0.39, 0.29) is 18.1 Å². The van der Waals surface area contributed by atoms with Crippen molar-refractivity contribution in [3.63, 3.8) is 0 Å². The van der Waals surface area contributed by atoms with Crippen molar-refractivity contribution in [2.75, 3.05) is 13.2 Å². The van der Waals surface area contributed by atoms with E-state index in [1.807, 2.05) is 75.5 Å². The molecule has 0 N–H and O–H groups in total. The third-order valence-corrected chi connectivity index (χ3v) is 8.94. The molecular weight excluding hydrogens is 580 g/mol. The molecule has 2 atom stereocenters. The summed E-state index contributed by atoms with van der Waals surface area (Å²) < 4.78 is 22.0. The number of benzene rings is 2. The molecule has 0 aliphatic carbocycles. The Bertz CT molecular complexity index is 1870. The summed E-state index contributed by atoms with van der Waals surface area (Å²) in [6.07, 6.45) is 9.97. The molecule has 2 saturated heterocycles. The van der Waals surface area contributed by atoms with Gasteiger partial charge in [-0.3, -0.25) is 14.6 Å². The lowest BCUT2D eigenvalue weighted by Crippen LogP contribution is -2.34. The number of hydrogen-bond acceptors (Lipinski definition) is 8. The number of ether oxygens (including phenoxy) is 3. The van der Waals surface area contributed by atoms with Crippen LogP contribution in [0, 0.1) is 0 Å². The summed E-state index contributed by atoms with van der Waals surface area (Å²) in [5.74, 6) is 0.464. The van der Waals surface area contributed by atoms with Crippen LogP contribution in [0.5, 0.6) is 5.75 Å². The first-order chi connectivity index (χ1) is 22.2. The predicted octanol–water partition coefficient (Wildman–Crippen LogP) is 6.37. The zero-order valence-corrected chi connectivity index (χ0v) is 27.1. The average molecular weight is 623 g/mol. The van der Waals surface area contributed by atoms with E-state index < -0.39 is 5.60 Å². The van der Waals surface area contributed by atoms with E-state index in [0.717, 1.165) is 83.3 Å². The molecule has 2 aliphatic heterocycles. The number of aromatic nitrogens is 5. The molecular formula is C36H42N6O4. The van der Waals surface area contributed by atoms with Crippen molar-refractivity contribution in [2.24, 2.45) is 7.05 Å². The largest absolute Gasteiger partial charge is 0.487 e. The van der Waals surface area contributed by atoms with Crippen molar-refractivity contribution < 1.29 is 19.0 Å². The van der Waals surface area contributed by atoms with Crippen LogP contribution in [0.4, 0.5) is 0 Å². The minimum absolute atomic E-state index is 0.0662. The van der Waals surface area contributed by atoms with Crippen molar-refractivity contribution in [3.8, 4) is 5.75 Å². The highest BCUT2D eigenvalue weighted by Gasteiger charge is 2.30. The summed E-state index contributed by atoms with van der Waals surface area (Å²) >= 11 is 0. The zero-order valence-electron chi connectivity index (χ0n) is 27.1. The molecule has 3 aromatic heterocycles. The Hall–Kier alpha value is -4.28. The molecule has 0 spiro atoms. The molecule has 0 bridgehead atoms. The van der Waals surface area contributed by atoms with E-state index in [1.165, 1.54) is 0 Å². The van der Waals surface area contributed by atoms with Gasteiger partial charge in [0.25, 0.3) is 0 Å². The first-order valence-electron chi connectivity index (χ1n) is 16.3. The highest BCUT2D eigenvalue weighted by molar-refractivity contribution is 5.95. The fourth-order valence-electron chi connectivity index (χ4n) is 6.55. The lowest BCUT2D eigenvalue weighted by atomic mass is 9.96. The van der Waals surface area contributed by atoms with Crippen LogP contribution in [0.15, 0.2) is 61.2 Å². The van der Waals surface area contributed by atoms with Gasteiger partial charge in [-0.05, 0) is 94.1 Å². The van der Waals surface area contributed by atoms with Crippen molar-refractivity contribution in [2.45, 2.75) is 83.9 Å². The van der Waals surface area contributed by atoms with E-state index >= 15 is 0 Å². The second-order valence-electron chi connectivity index (χ2n) is 13.5. The number of piperidine rings is 1. The van der Waals surface area contributed by atoms with Gasteiger partial charge in [0.2, 0.25) is 0 Å². The third kappa shape index (κ3) is 6.37. The SMILES string of the molecule is Cn1ncc2cc(COc3cccnc3C3CCCCN3Cc3cc(C(=O)OC(C)(C)C)cc4c3ncn4CC3CCO3)ccc21. The second-order valence-corrected chi connectivity index (χ2v) is 13.5. The number of carbonyl (C=O) groups is 1. The highest BCUT2D eigenvalue weighted by atomic mass is 16.6. The molecule has 10 nitrogen and oxygen atoms in total. The van der Waals surface area contributed by atoms with Crippen LogP contribution in [0.1, 0.15) is 79.7 Å². The Morgan fingerprint density at radius 3 is 2.74 bits per heavy atom. The first kappa shape index (κ1) is 30.4. The van der Waals surface area contributed by atoms with Gasteiger partial charge in [-0.1, -0.05) is 12.5 Å². The van der Waals surface area contributed by atoms with Gasteiger partial charge in [0.1, 0.15) is 18.0 Å². The summed E-state index contributed by atoms with van der Waals surface area (Å²) in [5.41, 5.74) is 5.89. The van der Waals surface area contributed by atoms with Gasteiger partial charge in [0, 0.05) is 31.8 Å². The smallest absolute Gasteiger partial charge is 0.338 e. The summed E-state index contributed by atoms with van der Waals surface area (Å²) in [4.78, 5) is 25.5. The van der Waals surface area contributed by atoms with Gasteiger partial charge >= 0.3 is 5.97 Å². The summed E-state index contributed by atoms with van der Waals surface area (Å²) in [6, 6.07) is 14.2. The molecule has 2 fully saturated rings. The van der Waals surface area contributed by atoms with Crippen molar-refractivity contribution in [1.82, 2.24) is 29.2 Å². The van der Waals surface area contributed by atoms with Crippen LogP contribution in [0.2, 0.25) is 0 Å². The Morgan fingerprint density at radius 2 is 1.93 bits per heavy atom. The maximum Gasteiger partial charge on any atom is 0.338 e. The summed E-state index contributed by atoms with van der Waals surface area (Å²) in [7, 11) is 1.95. The topological polar surface area (TPSA) is 96.5 Å². The highest BCUT2D eigenvalue weighted by Crippen LogP contribution is 2.37. The van der Waals surface area contributed by atoms with Crippen LogP contribution in [0.3, 0.4) is 0 Å². The lowest BCUT2D eigenvalue weighted by molar-refractivity contribution is -0.0586. The molecule has 2 aliphatic rings. The van der Waals surface area contributed by atoms with Gasteiger partial charge in [-0.2, -0.15) is 5.10 Å².